The van der Waals surface area contributed by atoms with E-state index in [0.29, 0.717) is 19.5 Å². The van der Waals surface area contributed by atoms with Gasteiger partial charge in [0, 0.05) is 35.8 Å². The van der Waals surface area contributed by atoms with Crippen LogP contribution in [0.2, 0.25) is 0 Å². The van der Waals surface area contributed by atoms with Crippen molar-refractivity contribution in [1.82, 2.24) is 0 Å². The van der Waals surface area contributed by atoms with E-state index in [4.69, 9.17) is 15.9 Å². The summed E-state index contributed by atoms with van der Waals surface area (Å²) in [7, 11) is 0. The number of ether oxygens (including phenoxy) is 1. The van der Waals surface area contributed by atoms with Crippen LogP contribution in [0.25, 0.3) is 0 Å². The number of aryl methyl sites for hydroxylation is 1. The van der Waals surface area contributed by atoms with Crippen LogP contribution in [0.15, 0.2) is 60.9 Å². The van der Waals surface area contributed by atoms with Gasteiger partial charge in [-0.1, -0.05) is 12.1 Å². The Balaban J connectivity index is 1.56. The zero-order chi connectivity index (χ0) is 20.1. The molecule has 0 unspecified atom stereocenters. The van der Waals surface area contributed by atoms with E-state index in [0.717, 1.165) is 22.5 Å². The number of carbonyl (C=O) groups excluding carboxylic acids is 1. The fourth-order valence-electron chi connectivity index (χ4n) is 3.01. The molecule has 2 aromatic carbocycles. The maximum absolute atomic E-state index is 11.7. The van der Waals surface area contributed by atoms with Crippen LogP contribution in [0.4, 0.5) is 11.4 Å². The van der Waals surface area contributed by atoms with E-state index in [2.05, 4.69) is 34.1 Å². The first-order chi connectivity index (χ1) is 13.4. The number of nitrogens with two attached hydrogens (primary N) is 1. The van der Waals surface area contributed by atoms with Crippen LogP contribution in [-0.2, 0) is 16.0 Å². The second-order valence-electron chi connectivity index (χ2n) is 7.04. The summed E-state index contributed by atoms with van der Waals surface area (Å²) >= 11 is 0. The highest BCUT2D eigenvalue weighted by atomic mass is 16.5. The van der Waals surface area contributed by atoms with Crippen molar-refractivity contribution in [1.29, 1.82) is 5.41 Å². The number of hydrogen-bond acceptors (Lipinski definition) is 5. The van der Waals surface area contributed by atoms with Gasteiger partial charge in [0.25, 0.3) is 0 Å². The molecule has 6 heteroatoms. The number of esters is 1. The van der Waals surface area contributed by atoms with Crippen LogP contribution >= 0.6 is 0 Å². The summed E-state index contributed by atoms with van der Waals surface area (Å²) in [6.07, 6.45) is 5.06. The van der Waals surface area contributed by atoms with Crippen LogP contribution in [0.1, 0.15) is 31.4 Å². The van der Waals surface area contributed by atoms with Crippen molar-refractivity contribution < 1.29 is 9.53 Å². The van der Waals surface area contributed by atoms with Crippen LogP contribution < -0.4 is 15.5 Å². The summed E-state index contributed by atoms with van der Waals surface area (Å²) in [5.74, 6) is -0.0873. The second-order valence-corrected chi connectivity index (χ2v) is 7.04. The number of hydrogen-bond donors (Lipinski definition) is 2. The molecular formula is C22H26N4O2. The molecule has 3 rings (SSSR count). The van der Waals surface area contributed by atoms with Crippen molar-refractivity contribution in [3.8, 4) is 0 Å². The number of nitrogens with zero attached hydrogens (tertiary/aromatic N) is 2. The molecule has 0 saturated heterocycles. The van der Waals surface area contributed by atoms with Gasteiger partial charge in [-0.3, -0.25) is 10.2 Å². The lowest BCUT2D eigenvalue weighted by atomic mass is 10.1. The van der Waals surface area contributed by atoms with Gasteiger partial charge in [-0.05, 0) is 62.2 Å². The predicted molar refractivity (Wildman–Crippen MR) is 112 cm³/mol. The average Bonchev–Trinajstić information content (AvgIpc) is 3.16. The molecule has 3 N–H and O–H groups in total. The molecule has 0 fully saturated rings. The van der Waals surface area contributed by atoms with Crippen LogP contribution in [0.3, 0.4) is 0 Å². The van der Waals surface area contributed by atoms with Crippen molar-refractivity contribution in [2.45, 2.75) is 32.8 Å². The van der Waals surface area contributed by atoms with Crippen LogP contribution in [-0.4, -0.2) is 24.6 Å². The van der Waals surface area contributed by atoms with Crippen molar-refractivity contribution in [3.05, 3.63) is 72.1 Å². The maximum Gasteiger partial charge on any atom is 0.306 e. The van der Waals surface area contributed by atoms with Gasteiger partial charge in [-0.15, -0.1) is 0 Å². The molecule has 0 amide bonds. The summed E-state index contributed by atoms with van der Waals surface area (Å²) in [6, 6.07) is 15.9. The van der Waals surface area contributed by atoms with E-state index in [9.17, 15) is 4.79 Å². The van der Waals surface area contributed by atoms with Crippen LogP contribution in [0, 0.1) is 5.41 Å². The average molecular weight is 378 g/mol. The molecule has 0 radical (unpaired) electrons. The fraction of sp³-hybridized carbons (Fsp3) is 0.273. The summed E-state index contributed by atoms with van der Waals surface area (Å²) in [4.78, 5) is 15.9. The SMILES string of the molecule is CC(C)OC(=O)CCc1ccc(N2C=CN(c3ccc(C(=N)N)cc3)C2)cc1. The number of benzene rings is 2. The van der Waals surface area contributed by atoms with E-state index in [1.165, 1.54) is 0 Å². The van der Waals surface area contributed by atoms with Gasteiger partial charge in [0.15, 0.2) is 0 Å². The minimum atomic E-state index is -0.159. The van der Waals surface area contributed by atoms with Crippen molar-refractivity contribution in [2.75, 3.05) is 16.5 Å². The largest absolute Gasteiger partial charge is 0.463 e. The van der Waals surface area contributed by atoms with Gasteiger partial charge in [-0.25, -0.2) is 0 Å². The highest BCUT2D eigenvalue weighted by Crippen LogP contribution is 2.25. The Hall–Kier alpha value is -3.28. The summed E-state index contributed by atoms with van der Waals surface area (Å²) in [5.41, 5.74) is 9.48. The Kier molecular flexibility index (Phi) is 5.99. The topological polar surface area (TPSA) is 82.7 Å². The molecule has 28 heavy (non-hydrogen) atoms. The first-order valence-electron chi connectivity index (χ1n) is 9.37. The minimum absolute atomic E-state index is 0.0709. The van der Waals surface area contributed by atoms with Crippen molar-refractivity contribution in [3.63, 3.8) is 0 Å². The Bertz CT molecular complexity index is 857. The summed E-state index contributed by atoms with van der Waals surface area (Å²) < 4.78 is 5.17. The van der Waals surface area contributed by atoms with Crippen molar-refractivity contribution >= 4 is 23.2 Å². The Morgan fingerprint density at radius 3 is 2.07 bits per heavy atom. The van der Waals surface area contributed by atoms with Gasteiger partial charge < -0.3 is 20.3 Å². The van der Waals surface area contributed by atoms with E-state index >= 15 is 0 Å². The summed E-state index contributed by atoms with van der Waals surface area (Å²) in [5, 5.41) is 7.48. The lowest BCUT2D eigenvalue weighted by Crippen LogP contribution is -2.24. The zero-order valence-corrected chi connectivity index (χ0v) is 16.3. The van der Waals surface area contributed by atoms with Gasteiger partial charge in [0.1, 0.15) is 5.84 Å². The normalized spacial score (nSPS) is 13.2. The van der Waals surface area contributed by atoms with Gasteiger partial charge in [0.2, 0.25) is 0 Å². The number of nitrogens with one attached hydrogen (secondary N) is 1. The maximum atomic E-state index is 11.7. The third kappa shape index (κ3) is 4.91. The first kappa shape index (κ1) is 19.5. The molecule has 1 aliphatic rings. The standard InChI is InChI=1S/C22H26N4O2/c1-16(2)28-21(27)12-5-17-3-8-19(9-4-17)25-13-14-26(15-25)20-10-6-18(7-11-20)22(23)24/h3-4,6-11,13-14,16H,5,12,15H2,1-2H3,(H3,23,24). The highest BCUT2D eigenvalue weighted by molar-refractivity contribution is 5.95. The molecule has 0 bridgehead atoms. The first-order valence-corrected chi connectivity index (χ1v) is 9.37. The molecule has 146 valence electrons. The summed E-state index contributed by atoms with van der Waals surface area (Å²) in [6.45, 7) is 4.42. The highest BCUT2D eigenvalue weighted by Gasteiger charge is 2.15. The number of nitrogen functional groups attached to an aromatic ring is 1. The molecular weight excluding hydrogens is 352 g/mol. The number of anilines is 2. The van der Waals surface area contributed by atoms with E-state index in [1.807, 2.05) is 50.5 Å². The lowest BCUT2D eigenvalue weighted by molar-refractivity contribution is -0.147. The quantitative estimate of drug-likeness (QED) is 0.437. The Morgan fingerprint density at radius 1 is 1.04 bits per heavy atom. The molecule has 0 aliphatic carbocycles. The molecule has 1 heterocycles. The molecule has 6 nitrogen and oxygen atoms in total. The number of rotatable bonds is 7. The molecule has 0 saturated carbocycles. The fourth-order valence-corrected chi connectivity index (χ4v) is 3.01. The van der Waals surface area contributed by atoms with Crippen LogP contribution in [0.5, 0.6) is 0 Å². The Labute approximate surface area is 165 Å². The number of amidine groups is 1. The molecule has 0 spiro atoms. The van der Waals surface area contributed by atoms with Gasteiger partial charge in [-0.2, -0.15) is 0 Å². The smallest absolute Gasteiger partial charge is 0.306 e. The van der Waals surface area contributed by atoms with E-state index in [-0.39, 0.29) is 17.9 Å². The lowest BCUT2D eigenvalue weighted by Gasteiger charge is -2.22. The van der Waals surface area contributed by atoms with E-state index < -0.39 is 0 Å². The van der Waals surface area contributed by atoms with Crippen molar-refractivity contribution in [2.24, 2.45) is 5.73 Å². The molecule has 0 aromatic heterocycles. The minimum Gasteiger partial charge on any atom is -0.463 e. The molecule has 0 atom stereocenters. The Morgan fingerprint density at radius 2 is 1.57 bits per heavy atom. The van der Waals surface area contributed by atoms with E-state index in [1.54, 1.807) is 0 Å². The molecule has 1 aliphatic heterocycles. The molecule has 2 aromatic rings. The third-order valence-electron chi connectivity index (χ3n) is 4.49. The number of carbonyl (C=O) groups is 1. The van der Waals surface area contributed by atoms with Gasteiger partial charge >= 0.3 is 5.97 Å². The zero-order valence-electron chi connectivity index (χ0n) is 16.3. The third-order valence-corrected chi connectivity index (χ3v) is 4.49. The monoisotopic (exact) mass is 378 g/mol. The second kappa shape index (κ2) is 8.61. The van der Waals surface area contributed by atoms with Gasteiger partial charge in [0.05, 0.1) is 12.8 Å². The predicted octanol–water partition coefficient (Wildman–Crippen LogP) is 3.61.